The maximum absolute atomic E-state index is 13.7. The molecule has 2 heterocycles. The maximum atomic E-state index is 13.7. The lowest BCUT2D eigenvalue weighted by Gasteiger charge is -2.32. The van der Waals surface area contributed by atoms with Gasteiger partial charge in [-0.1, -0.05) is 18.2 Å². The van der Waals surface area contributed by atoms with Crippen molar-refractivity contribution in [1.29, 1.82) is 0 Å². The maximum Gasteiger partial charge on any atom is 0.305 e. The number of hydrogen-bond acceptors (Lipinski definition) is 6. The zero-order chi connectivity index (χ0) is 17.6. The van der Waals surface area contributed by atoms with E-state index in [-0.39, 0.29) is 11.5 Å². The van der Waals surface area contributed by atoms with E-state index in [1.807, 2.05) is 12.1 Å². The van der Waals surface area contributed by atoms with Crippen LogP contribution in [0.25, 0.3) is 0 Å². The van der Waals surface area contributed by atoms with E-state index in [2.05, 4.69) is 20.2 Å². The number of aromatic nitrogens is 2. The van der Waals surface area contributed by atoms with Crippen molar-refractivity contribution in [3.05, 3.63) is 58.2 Å². The van der Waals surface area contributed by atoms with Gasteiger partial charge in [0.2, 0.25) is 5.95 Å². The van der Waals surface area contributed by atoms with E-state index in [4.69, 9.17) is 0 Å². The molecule has 0 bridgehead atoms. The molecule has 1 N–H and O–H groups in total. The van der Waals surface area contributed by atoms with Crippen molar-refractivity contribution in [2.75, 3.05) is 25.0 Å². The number of halogens is 1. The highest BCUT2D eigenvalue weighted by atomic mass is 19.1. The second-order valence-corrected chi connectivity index (χ2v) is 6.21. The molecule has 1 saturated heterocycles. The first kappa shape index (κ1) is 17.2. The normalized spacial score (nSPS) is 15.9. The molecule has 7 nitrogen and oxygen atoms in total. The minimum Gasteiger partial charge on any atom is -0.354 e. The van der Waals surface area contributed by atoms with Crippen LogP contribution in [0.4, 0.5) is 16.0 Å². The predicted octanol–water partition coefficient (Wildman–Crippen LogP) is 2.85. The molecule has 0 aliphatic carbocycles. The fourth-order valence-corrected chi connectivity index (χ4v) is 2.96. The van der Waals surface area contributed by atoms with Gasteiger partial charge in [-0.2, -0.15) is 0 Å². The van der Waals surface area contributed by atoms with Gasteiger partial charge in [-0.3, -0.25) is 15.0 Å². The Hall–Kier alpha value is -2.61. The number of anilines is 1. The number of piperidine rings is 1. The van der Waals surface area contributed by atoms with Gasteiger partial charge in [0.1, 0.15) is 18.2 Å². The summed E-state index contributed by atoms with van der Waals surface area (Å²) in [4.78, 5) is 20.2. The summed E-state index contributed by atoms with van der Waals surface area (Å²) in [5.41, 5.74) is 0.616. The molecular weight excluding hydrogens is 325 g/mol. The smallest absolute Gasteiger partial charge is 0.305 e. The van der Waals surface area contributed by atoms with Gasteiger partial charge in [0, 0.05) is 18.7 Å². The lowest BCUT2D eigenvalue weighted by atomic mass is 9.96. The SMILES string of the molecule is O=[N+]([O-])c1cnc(NCC2CCN(Cc3ccccc3F)CC2)nc1. The van der Waals surface area contributed by atoms with Crippen molar-refractivity contribution in [3.8, 4) is 0 Å². The summed E-state index contributed by atoms with van der Waals surface area (Å²) in [5, 5.41) is 13.7. The van der Waals surface area contributed by atoms with Crippen LogP contribution in [0.15, 0.2) is 36.7 Å². The van der Waals surface area contributed by atoms with Crippen LogP contribution in [0.5, 0.6) is 0 Å². The first-order valence-electron chi connectivity index (χ1n) is 8.28. The summed E-state index contributed by atoms with van der Waals surface area (Å²) in [7, 11) is 0. The van der Waals surface area contributed by atoms with Crippen LogP contribution in [-0.2, 0) is 6.54 Å². The van der Waals surface area contributed by atoms with Gasteiger partial charge in [0.15, 0.2) is 0 Å². The Labute approximate surface area is 145 Å². The molecule has 8 heteroatoms. The quantitative estimate of drug-likeness (QED) is 0.640. The minimum atomic E-state index is -0.519. The van der Waals surface area contributed by atoms with Gasteiger partial charge in [0.25, 0.3) is 0 Å². The first-order valence-corrected chi connectivity index (χ1v) is 8.28. The average molecular weight is 345 g/mol. The molecule has 1 aliphatic heterocycles. The zero-order valence-electron chi connectivity index (χ0n) is 13.8. The summed E-state index contributed by atoms with van der Waals surface area (Å²) in [6.07, 6.45) is 4.42. The van der Waals surface area contributed by atoms with Gasteiger partial charge < -0.3 is 5.32 Å². The van der Waals surface area contributed by atoms with Gasteiger partial charge >= 0.3 is 5.69 Å². The number of rotatable bonds is 6. The summed E-state index contributed by atoms with van der Waals surface area (Å²) in [6, 6.07) is 6.89. The summed E-state index contributed by atoms with van der Waals surface area (Å²) >= 11 is 0. The van der Waals surface area contributed by atoms with Crippen molar-refractivity contribution in [2.45, 2.75) is 19.4 Å². The van der Waals surface area contributed by atoms with Crippen molar-refractivity contribution in [1.82, 2.24) is 14.9 Å². The van der Waals surface area contributed by atoms with Crippen LogP contribution in [0.1, 0.15) is 18.4 Å². The number of hydrogen-bond donors (Lipinski definition) is 1. The highest BCUT2D eigenvalue weighted by molar-refractivity contribution is 5.30. The van der Waals surface area contributed by atoms with Crippen LogP contribution < -0.4 is 5.32 Å². The van der Waals surface area contributed by atoms with E-state index in [0.29, 0.717) is 18.4 Å². The molecule has 25 heavy (non-hydrogen) atoms. The molecule has 2 aromatic rings. The van der Waals surface area contributed by atoms with E-state index in [9.17, 15) is 14.5 Å². The van der Waals surface area contributed by atoms with E-state index in [0.717, 1.165) is 38.0 Å². The summed E-state index contributed by atoms with van der Waals surface area (Å²) in [6.45, 7) is 3.20. The third kappa shape index (κ3) is 4.69. The fraction of sp³-hybridized carbons (Fsp3) is 0.412. The Kier molecular flexibility index (Phi) is 5.49. The lowest BCUT2D eigenvalue weighted by molar-refractivity contribution is -0.385. The Morgan fingerprint density at radius 2 is 1.92 bits per heavy atom. The van der Waals surface area contributed by atoms with Gasteiger partial charge in [0.05, 0.1) is 4.92 Å². The molecule has 3 rings (SSSR count). The monoisotopic (exact) mass is 345 g/mol. The number of likely N-dealkylation sites (tertiary alicyclic amines) is 1. The lowest BCUT2D eigenvalue weighted by Crippen LogP contribution is -2.35. The molecule has 1 aliphatic rings. The molecule has 0 saturated carbocycles. The Morgan fingerprint density at radius 1 is 1.24 bits per heavy atom. The minimum absolute atomic E-state index is 0.119. The summed E-state index contributed by atoms with van der Waals surface area (Å²) in [5.74, 6) is 0.733. The standard InChI is InChI=1S/C17H20FN5O2/c18-16-4-2-1-3-14(16)12-22-7-5-13(6-8-22)9-19-17-20-10-15(11-21-17)23(24)25/h1-4,10-11,13H,5-9,12H2,(H,19,20,21). The molecule has 0 spiro atoms. The van der Waals surface area contributed by atoms with Crippen molar-refractivity contribution in [2.24, 2.45) is 5.92 Å². The van der Waals surface area contributed by atoms with Crippen LogP contribution in [0.2, 0.25) is 0 Å². The van der Waals surface area contributed by atoms with Crippen molar-refractivity contribution >= 4 is 11.6 Å². The van der Waals surface area contributed by atoms with E-state index < -0.39 is 4.92 Å². The van der Waals surface area contributed by atoms with E-state index >= 15 is 0 Å². The molecule has 0 radical (unpaired) electrons. The average Bonchev–Trinajstić information content (AvgIpc) is 2.63. The number of nitrogens with one attached hydrogen (secondary N) is 1. The molecule has 1 fully saturated rings. The van der Waals surface area contributed by atoms with Crippen LogP contribution in [-0.4, -0.2) is 39.4 Å². The third-order valence-corrected chi connectivity index (χ3v) is 4.46. The van der Waals surface area contributed by atoms with Gasteiger partial charge in [-0.05, 0) is 37.9 Å². The topological polar surface area (TPSA) is 84.2 Å². The fourth-order valence-electron chi connectivity index (χ4n) is 2.96. The Bertz CT molecular complexity index is 717. The zero-order valence-corrected chi connectivity index (χ0v) is 13.8. The highest BCUT2D eigenvalue weighted by Crippen LogP contribution is 2.20. The molecule has 0 unspecified atom stereocenters. The first-order chi connectivity index (χ1) is 12.1. The highest BCUT2D eigenvalue weighted by Gasteiger charge is 2.20. The van der Waals surface area contributed by atoms with Crippen molar-refractivity contribution < 1.29 is 9.31 Å². The molecular formula is C17H20FN5O2. The van der Waals surface area contributed by atoms with Crippen LogP contribution in [0.3, 0.4) is 0 Å². The van der Waals surface area contributed by atoms with E-state index in [1.54, 1.807) is 6.07 Å². The Morgan fingerprint density at radius 3 is 2.56 bits per heavy atom. The molecule has 0 atom stereocenters. The van der Waals surface area contributed by atoms with Gasteiger partial charge in [-0.25, -0.2) is 14.4 Å². The molecule has 1 aromatic carbocycles. The van der Waals surface area contributed by atoms with Crippen LogP contribution in [0, 0.1) is 21.8 Å². The van der Waals surface area contributed by atoms with Gasteiger partial charge in [-0.15, -0.1) is 0 Å². The molecule has 1 aromatic heterocycles. The van der Waals surface area contributed by atoms with Crippen molar-refractivity contribution in [3.63, 3.8) is 0 Å². The summed E-state index contributed by atoms with van der Waals surface area (Å²) < 4.78 is 13.7. The third-order valence-electron chi connectivity index (χ3n) is 4.46. The predicted molar refractivity (Wildman–Crippen MR) is 91.6 cm³/mol. The van der Waals surface area contributed by atoms with Crippen LogP contribution >= 0.6 is 0 Å². The second-order valence-electron chi connectivity index (χ2n) is 6.21. The second kappa shape index (κ2) is 7.98. The number of nitro groups is 1. The number of benzene rings is 1. The number of nitrogens with zero attached hydrogens (tertiary/aromatic N) is 4. The molecule has 0 amide bonds. The largest absolute Gasteiger partial charge is 0.354 e. The van der Waals surface area contributed by atoms with E-state index in [1.165, 1.54) is 18.5 Å². The Balaban J connectivity index is 1.43. The molecule has 132 valence electrons.